The summed E-state index contributed by atoms with van der Waals surface area (Å²) in [6, 6.07) is 20.4. The number of carbonyl (C=O) groups is 2. The van der Waals surface area contributed by atoms with E-state index in [4.69, 9.17) is 32.9 Å². The van der Waals surface area contributed by atoms with Gasteiger partial charge in [-0.3, -0.25) is 23.5 Å². The second kappa shape index (κ2) is 10.7. The minimum Gasteiger partial charge on any atom is -0.468 e. The zero-order chi connectivity index (χ0) is 27.7. The highest BCUT2D eigenvalue weighted by Crippen LogP contribution is 2.32. The number of fused-ring (bicyclic) bond motifs is 1. The lowest BCUT2D eigenvalue weighted by Gasteiger charge is -2.13. The van der Waals surface area contributed by atoms with E-state index in [1.54, 1.807) is 77.4 Å². The maximum absolute atomic E-state index is 13.9. The second-order valence-corrected chi connectivity index (χ2v) is 9.44. The second-order valence-electron chi connectivity index (χ2n) is 8.59. The van der Waals surface area contributed by atoms with Crippen LogP contribution < -0.4 is 11.2 Å². The zero-order valence-electron chi connectivity index (χ0n) is 20.5. The molecule has 5 aromatic rings. The normalized spacial score (nSPS) is 11.1. The molecule has 0 amide bonds. The first kappa shape index (κ1) is 26.1. The van der Waals surface area contributed by atoms with Crippen LogP contribution in [-0.2, 0) is 22.6 Å². The highest BCUT2D eigenvalue weighted by molar-refractivity contribution is 6.33. The molecule has 0 bridgehead atoms. The number of aromatic nitrogens is 4. The fourth-order valence-corrected chi connectivity index (χ4v) is 4.61. The van der Waals surface area contributed by atoms with E-state index in [-0.39, 0.29) is 17.7 Å². The lowest BCUT2D eigenvalue weighted by Crippen LogP contribution is -2.42. The number of ether oxygens (including phenoxy) is 1. The van der Waals surface area contributed by atoms with E-state index in [2.05, 4.69) is 0 Å². The first-order valence-corrected chi connectivity index (χ1v) is 12.5. The van der Waals surface area contributed by atoms with Gasteiger partial charge in [-0.05, 0) is 42.0 Å². The molecular weight excluding hydrogens is 543 g/mol. The molecule has 5 rings (SSSR count). The molecule has 39 heavy (non-hydrogen) atoms. The summed E-state index contributed by atoms with van der Waals surface area (Å²) in [7, 11) is 1.17. The Morgan fingerprint density at radius 2 is 1.64 bits per heavy atom. The van der Waals surface area contributed by atoms with Gasteiger partial charge in [0.15, 0.2) is 11.2 Å². The highest BCUT2D eigenvalue weighted by atomic mass is 35.5. The molecular formula is C28H20Cl2N4O5. The summed E-state index contributed by atoms with van der Waals surface area (Å²) in [5.74, 6) is -0.449. The van der Waals surface area contributed by atoms with Crippen molar-refractivity contribution < 1.29 is 14.3 Å². The molecule has 0 unspecified atom stereocenters. The Labute approximate surface area is 231 Å². The van der Waals surface area contributed by atoms with Crippen molar-refractivity contribution in [3.63, 3.8) is 0 Å². The van der Waals surface area contributed by atoms with E-state index in [1.807, 2.05) is 0 Å². The van der Waals surface area contributed by atoms with Gasteiger partial charge < -0.3 is 4.74 Å². The van der Waals surface area contributed by atoms with Crippen molar-refractivity contribution in [2.75, 3.05) is 7.11 Å². The summed E-state index contributed by atoms with van der Waals surface area (Å²) in [5.41, 5.74) is 0.887. The van der Waals surface area contributed by atoms with Gasteiger partial charge in [0.2, 0.25) is 0 Å². The van der Waals surface area contributed by atoms with Gasteiger partial charge in [0.05, 0.1) is 18.7 Å². The lowest BCUT2D eigenvalue weighted by atomic mass is 10.1. The van der Waals surface area contributed by atoms with Crippen molar-refractivity contribution in [2.45, 2.75) is 13.1 Å². The number of methoxy groups -OCH3 is 1. The smallest absolute Gasteiger partial charge is 0.333 e. The third-order valence-electron chi connectivity index (χ3n) is 6.20. The van der Waals surface area contributed by atoms with Crippen LogP contribution >= 0.6 is 23.2 Å². The maximum Gasteiger partial charge on any atom is 0.333 e. The molecule has 0 atom stereocenters. The largest absolute Gasteiger partial charge is 0.468 e. The Kier molecular flexibility index (Phi) is 7.19. The number of aldehydes is 1. The van der Waals surface area contributed by atoms with Gasteiger partial charge >= 0.3 is 11.7 Å². The van der Waals surface area contributed by atoms with E-state index in [9.17, 15) is 19.2 Å². The molecule has 9 nitrogen and oxygen atoms in total. The monoisotopic (exact) mass is 562 g/mol. The molecule has 3 aromatic carbocycles. The first-order chi connectivity index (χ1) is 18.8. The average molecular weight is 563 g/mol. The summed E-state index contributed by atoms with van der Waals surface area (Å²) in [5, 5.41) is 0.873. The van der Waals surface area contributed by atoms with Crippen LogP contribution in [0.5, 0.6) is 0 Å². The summed E-state index contributed by atoms with van der Waals surface area (Å²) in [6.07, 6.45) is 0.717. The van der Waals surface area contributed by atoms with Crippen LogP contribution in [0.3, 0.4) is 0 Å². The fraction of sp³-hybridized carbons (Fsp3) is 0.107. The van der Waals surface area contributed by atoms with Gasteiger partial charge in [-0.25, -0.2) is 14.3 Å². The van der Waals surface area contributed by atoms with Crippen molar-refractivity contribution in [1.82, 2.24) is 18.7 Å². The van der Waals surface area contributed by atoms with E-state index in [0.717, 1.165) is 4.57 Å². The van der Waals surface area contributed by atoms with E-state index in [0.29, 0.717) is 44.5 Å². The van der Waals surface area contributed by atoms with Crippen molar-refractivity contribution in [3.8, 4) is 17.1 Å². The molecule has 0 N–H and O–H groups in total. The van der Waals surface area contributed by atoms with Gasteiger partial charge in [-0.2, -0.15) is 0 Å². The van der Waals surface area contributed by atoms with Crippen LogP contribution in [0, 0.1) is 0 Å². The molecule has 2 heterocycles. The summed E-state index contributed by atoms with van der Waals surface area (Å²) >= 11 is 12.7. The topological polar surface area (TPSA) is 105 Å². The fourth-order valence-electron chi connectivity index (χ4n) is 4.26. The maximum atomic E-state index is 13.9. The van der Waals surface area contributed by atoms with E-state index in [1.165, 1.54) is 11.7 Å². The summed E-state index contributed by atoms with van der Waals surface area (Å²) in [6.45, 7) is -0.586. The van der Waals surface area contributed by atoms with Crippen LogP contribution in [-0.4, -0.2) is 38.1 Å². The third-order valence-corrected chi connectivity index (χ3v) is 6.78. The predicted molar refractivity (Wildman–Crippen MR) is 148 cm³/mol. The zero-order valence-corrected chi connectivity index (χ0v) is 22.0. The minimum atomic E-state index is -0.765. The molecule has 0 saturated heterocycles. The van der Waals surface area contributed by atoms with Crippen molar-refractivity contribution in [3.05, 3.63) is 115 Å². The number of hydrogen-bond donors (Lipinski definition) is 0. The van der Waals surface area contributed by atoms with Crippen molar-refractivity contribution in [1.29, 1.82) is 0 Å². The Balaban J connectivity index is 1.89. The van der Waals surface area contributed by atoms with Crippen molar-refractivity contribution in [2.24, 2.45) is 0 Å². The number of esters is 1. The molecule has 11 heteroatoms. The number of benzene rings is 3. The van der Waals surface area contributed by atoms with E-state index < -0.39 is 23.8 Å². The summed E-state index contributed by atoms with van der Waals surface area (Å²) in [4.78, 5) is 55.6. The average Bonchev–Trinajstić information content (AvgIpc) is 3.34. The first-order valence-electron chi connectivity index (χ1n) is 11.7. The Bertz CT molecular complexity index is 1840. The minimum absolute atomic E-state index is 0.00944. The number of hydrogen-bond acceptors (Lipinski definition) is 6. The molecule has 0 fully saturated rings. The third kappa shape index (κ3) is 4.89. The molecule has 2 aromatic heterocycles. The number of halogens is 2. The summed E-state index contributed by atoms with van der Waals surface area (Å²) < 4.78 is 8.46. The molecule has 0 saturated carbocycles. The van der Waals surface area contributed by atoms with Crippen LogP contribution in [0.15, 0.2) is 82.4 Å². The predicted octanol–water partition coefficient (Wildman–Crippen LogP) is 4.36. The van der Waals surface area contributed by atoms with Gasteiger partial charge in [0.25, 0.3) is 5.56 Å². The molecule has 0 radical (unpaired) electrons. The molecule has 0 aliphatic rings. The SMILES string of the molecule is COC(=O)Cn1c(=O)c2c(nc(-c3ccccc3Cl)n2-c2ccc(Cl)cc2)n(Cc2ccc(C=O)cc2)c1=O. The number of nitrogens with zero attached hydrogens (tertiary/aromatic N) is 4. The lowest BCUT2D eigenvalue weighted by molar-refractivity contribution is -0.141. The van der Waals surface area contributed by atoms with E-state index >= 15 is 0 Å². The van der Waals surface area contributed by atoms with Gasteiger partial charge in [-0.1, -0.05) is 59.6 Å². The molecule has 196 valence electrons. The Hall–Kier alpha value is -4.47. The molecule has 0 spiro atoms. The van der Waals surface area contributed by atoms with Gasteiger partial charge in [-0.15, -0.1) is 0 Å². The molecule has 0 aliphatic heterocycles. The van der Waals surface area contributed by atoms with Crippen molar-refractivity contribution >= 4 is 46.6 Å². The molecule has 0 aliphatic carbocycles. The van der Waals surface area contributed by atoms with Crippen LogP contribution in [0.1, 0.15) is 15.9 Å². The number of carbonyl (C=O) groups excluding carboxylic acids is 2. The quantitative estimate of drug-likeness (QED) is 0.215. The highest BCUT2D eigenvalue weighted by Gasteiger charge is 2.25. The Morgan fingerprint density at radius 3 is 2.28 bits per heavy atom. The standard InChI is InChI=1S/C28H20Cl2N4O5/c1-39-23(36)15-33-27(37)24-26(32(28(33)38)14-17-6-8-18(16-35)9-7-17)31-25(21-4-2-3-5-22(21)30)34(24)20-12-10-19(29)11-13-20/h2-13,16H,14-15H2,1H3. The van der Waals surface area contributed by atoms with Crippen LogP contribution in [0.25, 0.3) is 28.2 Å². The Morgan fingerprint density at radius 1 is 0.949 bits per heavy atom. The number of imidazole rings is 1. The van der Waals surface area contributed by atoms with Crippen LogP contribution in [0.4, 0.5) is 0 Å². The van der Waals surface area contributed by atoms with Crippen LogP contribution in [0.2, 0.25) is 10.0 Å². The van der Waals surface area contributed by atoms with Gasteiger partial charge in [0, 0.05) is 21.8 Å². The number of rotatable bonds is 7. The van der Waals surface area contributed by atoms with Gasteiger partial charge in [0.1, 0.15) is 18.7 Å².